The molecule has 3 aliphatic rings. The number of nitrogens with one attached hydrogen (secondary N) is 3. The first-order chi connectivity index (χ1) is 17.6. The second-order valence-corrected chi connectivity index (χ2v) is 10.1. The molecule has 0 aromatic rings. The van der Waals surface area contributed by atoms with E-state index in [9.17, 15) is 50.8 Å². The molecule has 3 N–H and O–H groups in total. The van der Waals surface area contributed by atoms with Gasteiger partial charge in [-0.25, -0.2) is 0 Å². The van der Waals surface area contributed by atoms with Gasteiger partial charge >= 0.3 is 12.4 Å². The fourth-order valence-electron chi connectivity index (χ4n) is 5.86. The molecule has 2 heterocycles. The minimum atomic E-state index is -5.92. The highest BCUT2D eigenvalue weighted by atomic mass is 19.4. The van der Waals surface area contributed by atoms with Crippen LogP contribution in [0.25, 0.3) is 0 Å². The molecule has 9 nitrogen and oxygen atoms in total. The topological polar surface area (TPSA) is 131 Å². The lowest BCUT2D eigenvalue weighted by molar-refractivity contribution is -0.290. The fraction of sp³-hybridized carbons (Fsp3) is 0.783. The summed E-state index contributed by atoms with van der Waals surface area (Å²) in [6, 6.07) is -3.76. The molecular formula is C23H29F6N5O4. The van der Waals surface area contributed by atoms with Gasteiger partial charge in [-0.2, -0.15) is 31.6 Å². The SMILES string of the molecule is CC(=O)N[C@H](C(=O)N1CC2CCC[C@@H]2[C@H]1C(=O)N[C@H](C#N)C[C@@H]1CCCNC1=O)C(C(F)(F)F)C(F)(F)F. The first kappa shape index (κ1) is 29.5. The number of carbonyl (C=O) groups is 4. The third-order valence-electron chi connectivity index (χ3n) is 7.50. The lowest BCUT2D eigenvalue weighted by Gasteiger charge is -2.35. The summed E-state index contributed by atoms with van der Waals surface area (Å²) in [4.78, 5) is 50.9. The second-order valence-electron chi connectivity index (χ2n) is 10.1. The van der Waals surface area contributed by atoms with Gasteiger partial charge in [0, 0.05) is 25.9 Å². The van der Waals surface area contributed by atoms with Crippen molar-refractivity contribution in [2.24, 2.45) is 23.7 Å². The zero-order valence-electron chi connectivity index (χ0n) is 20.5. The van der Waals surface area contributed by atoms with Crippen LogP contribution in [0.1, 0.15) is 45.4 Å². The molecule has 2 aliphatic heterocycles. The monoisotopic (exact) mass is 553 g/mol. The highest BCUT2D eigenvalue weighted by Crippen LogP contribution is 2.45. The van der Waals surface area contributed by atoms with E-state index in [-0.39, 0.29) is 24.8 Å². The number of amides is 4. The van der Waals surface area contributed by atoms with Crippen molar-refractivity contribution < 1.29 is 45.5 Å². The van der Waals surface area contributed by atoms with E-state index >= 15 is 0 Å². The van der Waals surface area contributed by atoms with Crippen molar-refractivity contribution in [2.45, 2.75) is 75.9 Å². The minimum Gasteiger partial charge on any atom is -0.356 e. The molecule has 3 fully saturated rings. The average Bonchev–Trinajstić information content (AvgIpc) is 3.38. The summed E-state index contributed by atoms with van der Waals surface area (Å²) >= 11 is 0. The van der Waals surface area contributed by atoms with Crippen LogP contribution in [0.15, 0.2) is 0 Å². The summed E-state index contributed by atoms with van der Waals surface area (Å²) in [5, 5.41) is 16.2. The lowest BCUT2D eigenvalue weighted by Crippen LogP contribution is -2.62. The van der Waals surface area contributed by atoms with Gasteiger partial charge in [0.25, 0.3) is 0 Å². The molecule has 2 saturated heterocycles. The van der Waals surface area contributed by atoms with Crippen molar-refractivity contribution in [1.29, 1.82) is 5.26 Å². The number of piperidine rings is 1. The van der Waals surface area contributed by atoms with Gasteiger partial charge in [0.15, 0.2) is 5.92 Å². The number of halogens is 6. The molecule has 212 valence electrons. The first-order valence-corrected chi connectivity index (χ1v) is 12.3. The maximum Gasteiger partial charge on any atom is 0.403 e. The molecule has 1 aliphatic carbocycles. The van der Waals surface area contributed by atoms with Crippen molar-refractivity contribution >= 4 is 23.6 Å². The second kappa shape index (κ2) is 11.4. The van der Waals surface area contributed by atoms with Crippen molar-refractivity contribution in [3.05, 3.63) is 0 Å². The van der Waals surface area contributed by atoms with E-state index in [1.54, 1.807) is 0 Å². The van der Waals surface area contributed by atoms with E-state index in [1.807, 2.05) is 6.07 Å². The van der Waals surface area contributed by atoms with E-state index in [2.05, 4.69) is 10.6 Å². The van der Waals surface area contributed by atoms with Gasteiger partial charge in [-0.1, -0.05) is 6.42 Å². The van der Waals surface area contributed by atoms with E-state index < -0.39 is 66.0 Å². The smallest absolute Gasteiger partial charge is 0.356 e. The van der Waals surface area contributed by atoms with Crippen molar-refractivity contribution in [1.82, 2.24) is 20.9 Å². The Morgan fingerprint density at radius 2 is 1.74 bits per heavy atom. The molecule has 1 saturated carbocycles. The Kier molecular flexibility index (Phi) is 8.82. The van der Waals surface area contributed by atoms with E-state index in [0.29, 0.717) is 50.5 Å². The normalized spacial score (nSPS) is 27.2. The van der Waals surface area contributed by atoms with Gasteiger partial charge < -0.3 is 20.9 Å². The molecular weight excluding hydrogens is 524 g/mol. The Morgan fingerprint density at radius 1 is 1.08 bits per heavy atom. The molecule has 6 atom stereocenters. The number of rotatable bonds is 7. The molecule has 0 radical (unpaired) electrons. The van der Waals surface area contributed by atoms with Crippen molar-refractivity contribution in [3.8, 4) is 6.07 Å². The van der Waals surface area contributed by atoms with Gasteiger partial charge in [-0.15, -0.1) is 0 Å². The van der Waals surface area contributed by atoms with Crippen LogP contribution in [-0.4, -0.2) is 72.1 Å². The molecule has 0 bridgehead atoms. The number of fused-ring (bicyclic) bond motifs is 1. The summed E-state index contributed by atoms with van der Waals surface area (Å²) < 4.78 is 81.2. The van der Waals surface area contributed by atoms with Crippen LogP contribution in [0.3, 0.4) is 0 Å². The highest BCUT2D eigenvalue weighted by Gasteiger charge is 2.64. The largest absolute Gasteiger partial charge is 0.403 e. The molecule has 0 aromatic heterocycles. The number of hydrogen-bond acceptors (Lipinski definition) is 5. The molecule has 15 heteroatoms. The molecule has 0 spiro atoms. The molecule has 0 aromatic carbocycles. The van der Waals surface area contributed by atoms with Crippen LogP contribution >= 0.6 is 0 Å². The third kappa shape index (κ3) is 6.50. The molecule has 38 heavy (non-hydrogen) atoms. The Balaban J connectivity index is 1.88. The number of nitriles is 1. The Bertz CT molecular complexity index is 967. The van der Waals surface area contributed by atoms with Crippen LogP contribution in [-0.2, 0) is 19.2 Å². The van der Waals surface area contributed by atoms with E-state index in [1.165, 1.54) is 5.32 Å². The van der Waals surface area contributed by atoms with Crippen LogP contribution in [0, 0.1) is 35.0 Å². The van der Waals surface area contributed by atoms with Crippen molar-refractivity contribution in [2.75, 3.05) is 13.1 Å². The van der Waals surface area contributed by atoms with Crippen LogP contribution in [0.2, 0.25) is 0 Å². The Labute approximate surface area is 214 Å². The van der Waals surface area contributed by atoms with E-state index in [4.69, 9.17) is 0 Å². The van der Waals surface area contributed by atoms with Crippen LogP contribution < -0.4 is 16.0 Å². The zero-order chi connectivity index (χ0) is 28.4. The number of nitrogens with zero attached hydrogens (tertiary/aromatic N) is 2. The fourth-order valence-corrected chi connectivity index (χ4v) is 5.86. The maximum atomic E-state index is 13.5. The summed E-state index contributed by atoms with van der Waals surface area (Å²) in [7, 11) is 0. The summed E-state index contributed by atoms with van der Waals surface area (Å²) in [6.45, 7) is 0.904. The minimum absolute atomic E-state index is 0.0401. The standard InChI is InChI=1S/C23H29F6N5O4/c1-11(35)32-16(18(22(24,25)26)23(27,28)29)21(38)34-10-13-4-2-6-15(13)17(34)20(37)33-14(9-30)8-12-5-3-7-31-19(12)36/h12-18H,2-8,10H2,1H3,(H,31,36)(H,32,35)(H,33,37)/t12-,13?,14-,15-,16-,17-/m0/s1. The van der Waals surface area contributed by atoms with Gasteiger partial charge in [-0.05, 0) is 43.9 Å². The number of carbonyl (C=O) groups excluding carboxylic acids is 4. The average molecular weight is 554 g/mol. The lowest BCUT2D eigenvalue weighted by atomic mass is 9.90. The number of likely N-dealkylation sites (tertiary alicyclic amines) is 1. The van der Waals surface area contributed by atoms with Gasteiger partial charge in [0.2, 0.25) is 23.6 Å². The highest BCUT2D eigenvalue weighted by molar-refractivity contribution is 5.93. The molecule has 1 unspecified atom stereocenters. The zero-order valence-corrected chi connectivity index (χ0v) is 20.5. The number of hydrogen-bond donors (Lipinski definition) is 3. The summed E-state index contributed by atoms with van der Waals surface area (Å²) in [6.07, 6.45) is -9.16. The molecule has 4 amide bonds. The molecule has 3 rings (SSSR count). The Hall–Kier alpha value is -3.05. The van der Waals surface area contributed by atoms with Gasteiger partial charge in [0.1, 0.15) is 18.1 Å². The van der Waals surface area contributed by atoms with Crippen LogP contribution in [0.4, 0.5) is 26.3 Å². The van der Waals surface area contributed by atoms with E-state index in [0.717, 1.165) is 0 Å². The predicted octanol–water partition coefficient (Wildman–Crippen LogP) is 1.78. The van der Waals surface area contributed by atoms with Gasteiger partial charge in [-0.3, -0.25) is 19.2 Å². The van der Waals surface area contributed by atoms with Gasteiger partial charge in [0.05, 0.1) is 6.07 Å². The van der Waals surface area contributed by atoms with Crippen LogP contribution in [0.5, 0.6) is 0 Å². The number of alkyl halides is 6. The Morgan fingerprint density at radius 3 is 2.29 bits per heavy atom. The first-order valence-electron chi connectivity index (χ1n) is 12.3. The third-order valence-corrected chi connectivity index (χ3v) is 7.50. The summed E-state index contributed by atoms with van der Waals surface area (Å²) in [5.74, 6) is -9.76. The predicted molar refractivity (Wildman–Crippen MR) is 117 cm³/mol. The quantitative estimate of drug-likeness (QED) is 0.414. The maximum absolute atomic E-state index is 13.5. The van der Waals surface area contributed by atoms with Crippen molar-refractivity contribution in [3.63, 3.8) is 0 Å². The summed E-state index contributed by atoms with van der Waals surface area (Å²) in [5.41, 5.74) is 0.